The van der Waals surface area contributed by atoms with Crippen LogP contribution in [0.5, 0.6) is 11.5 Å². The summed E-state index contributed by atoms with van der Waals surface area (Å²) in [7, 11) is 0. The molecule has 3 unspecified atom stereocenters. The highest BCUT2D eigenvalue weighted by Gasteiger charge is 2.48. The summed E-state index contributed by atoms with van der Waals surface area (Å²) in [6, 6.07) is 10.9. The predicted octanol–water partition coefficient (Wildman–Crippen LogP) is 4.82. The van der Waals surface area contributed by atoms with Crippen LogP contribution in [0.15, 0.2) is 42.5 Å². The smallest absolute Gasteiger partial charge is 0.309 e. The van der Waals surface area contributed by atoms with Gasteiger partial charge in [-0.25, -0.2) is 4.39 Å². The van der Waals surface area contributed by atoms with Crippen molar-refractivity contribution in [3.8, 4) is 11.5 Å². The zero-order valence-corrected chi connectivity index (χ0v) is 21.0. The molecule has 1 N–H and O–H groups in total. The summed E-state index contributed by atoms with van der Waals surface area (Å²) in [4.78, 5) is 29.9. The zero-order chi connectivity index (χ0) is 25.7. The second kappa shape index (κ2) is 11.7. The monoisotopic (exact) mass is 498 g/mol. The molecule has 7 nitrogen and oxygen atoms in total. The van der Waals surface area contributed by atoms with Crippen LogP contribution in [0.4, 0.5) is 4.39 Å². The molecule has 36 heavy (non-hydrogen) atoms. The Morgan fingerprint density at radius 1 is 1.03 bits per heavy atom. The van der Waals surface area contributed by atoms with Crippen molar-refractivity contribution in [2.45, 2.75) is 51.5 Å². The molecule has 0 bridgehead atoms. The van der Waals surface area contributed by atoms with Crippen molar-refractivity contribution in [3.05, 3.63) is 59.4 Å². The van der Waals surface area contributed by atoms with Gasteiger partial charge in [0.2, 0.25) is 12.7 Å². The first-order valence-corrected chi connectivity index (χ1v) is 12.8. The number of rotatable bonds is 11. The van der Waals surface area contributed by atoms with E-state index < -0.39 is 29.7 Å². The van der Waals surface area contributed by atoms with E-state index in [-0.39, 0.29) is 19.2 Å². The number of amides is 1. The summed E-state index contributed by atoms with van der Waals surface area (Å²) >= 11 is 0. The number of carbonyl (C=O) groups is 2. The van der Waals surface area contributed by atoms with Crippen LogP contribution in [0, 0.1) is 11.7 Å². The summed E-state index contributed by atoms with van der Waals surface area (Å²) in [6.07, 6.45) is 3.80. The SMILES string of the molecule is CCCCN(CCCC)C(=O)CN1CC(c2ccc3c(c2)OCO3)C(C(=O)O)C1c1cccc(F)c1. The number of likely N-dealkylation sites (tertiary alicyclic amines) is 1. The van der Waals surface area contributed by atoms with Gasteiger partial charge >= 0.3 is 5.97 Å². The molecule has 0 radical (unpaired) electrons. The number of hydrogen-bond acceptors (Lipinski definition) is 5. The van der Waals surface area contributed by atoms with Crippen LogP contribution in [-0.4, -0.2) is 59.8 Å². The maximum atomic E-state index is 14.2. The van der Waals surface area contributed by atoms with Gasteiger partial charge in [-0.1, -0.05) is 44.9 Å². The van der Waals surface area contributed by atoms with E-state index in [1.807, 2.05) is 21.9 Å². The number of carbonyl (C=O) groups excluding carboxylic acids is 1. The number of unbranched alkanes of at least 4 members (excludes halogenated alkanes) is 2. The van der Waals surface area contributed by atoms with Crippen molar-refractivity contribution in [2.24, 2.45) is 5.92 Å². The second-order valence-electron chi connectivity index (χ2n) is 9.60. The van der Waals surface area contributed by atoms with Crippen molar-refractivity contribution in [3.63, 3.8) is 0 Å². The first-order valence-electron chi connectivity index (χ1n) is 12.8. The first kappa shape index (κ1) is 25.9. The fourth-order valence-electron chi connectivity index (χ4n) is 5.30. The van der Waals surface area contributed by atoms with E-state index in [4.69, 9.17) is 9.47 Å². The second-order valence-corrected chi connectivity index (χ2v) is 9.60. The van der Waals surface area contributed by atoms with Gasteiger partial charge in [0.25, 0.3) is 0 Å². The molecule has 2 aromatic carbocycles. The summed E-state index contributed by atoms with van der Waals surface area (Å²) in [5, 5.41) is 10.4. The highest BCUT2D eigenvalue weighted by Crippen LogP contribution is 2.47. The van der Waals surface area contributed by atoms with E-state index in [2.05, 4.69) is 13.8 Å². The molecule has 0 spiro atoms. The minimum absolute atomic E-state index is 0.0196. The van der Waals surface area contributed by atoms with Gasteiger partial charge in [-0.05, 0) is 48.2 Å². The van der Waals surface area contributed by atoms with Crippen molar-refractivity contribution in [2.75, 3.05) is 33.0 Å². The minimum Gasteiger partial charge on any atom is -0.481 e. The molecule has 1 amide bonds. The lowest BCUT2D eigenvalue weighted by atomic mass is 9.82. The largest absolute Gasteiger partial charge is 0.481 e. The summed E-state index contributed by atoms with van der Waals surface area (Å²) < 4.78 is 25.2. The molecule has 0 aliphatic carbocycles. The number of fused-ring (bicyclic) bond motifs is 1. The molecule has 194 valence electrons. The number of carboxylic acids is 1. The molecule has 0 saturated carbocycles. The van der Waals surface area contributed by atoms with Crippen LogP contribution in [0.25, 0.3) is 0 Å². The summed E-state index contributed by atoms with van der Waals surface area (Å²) in [5.41, 5.74) is 1.36. The maximum absolute atomic E-state index is 14.2. The molecular weight excluding hydrogens is 463 g/mol. The molecule has 2 heterocycles. The van der Waals surface area contributed by atoms with Crippen molar-refractivity contribution >= 4 is 11.9 Å². The van der Waals surface area contributed by atoms with Crippen molar-refractivity contribution in [1.82, 2.24) is 9.80 Å². The van der Waals surface area contributed by atoms with Gasteiger partial charge in [0.1, 0.15) is 5.82 Å². The van der Waals surface area contributed by atoms with E-state index in [1.165, 1.54) is 12.1 Å². The summed E-state index contributed by atoms with van der Waals surface area (Å²) in [5.74, 6) is -1.48. The third-order valence-electron chi connectivity index (χ3n) is 7.15. The fraction of sp³-hybridized carbons (Fsp3) is 0.500. The number of halogens is 1. The average molecular weight is 499 g/mol. The van der Waals surface area contributed by atoms with Crippen LogP contribution in [0.3, 0.4) is 0 Å². The lowest BCUT2D eigenvalue weighted by Crippen LogP contribution is -2.42. The Kier molecular flexibility index (Phi) is 8.46. The highest BCUT2D eigenvalue weighted by atomic mass is 19.1. The minimum atomic E-state index is -0.976. The lowest BCUT2D eigenvalue weighted by Gasteiger charge is -2.30. The van der Waals surface area contributed by atoms with Gasteiger partial charge in [0, 0.05) is 31.6 Å². The zero-order valence-electron chi connectivity index (χ0n) is 21.0. The third kappa shape index (κ3) is 5.64. The number of hydrogen-bond donors (Lipinski definition) is 1. The number of aliphatic carboxylic acids is 1. The number of ether oxygens (including phenoxy) is 2. The van der Waals surface area contributed by atoms with Crippen molar-refractivity contribution < 1.29 is 28.6 Å². The molecule has 1 saturated heterocycles. The van der Waals surface area contributed by atoms with Crippen LogP contribution in [-0.2, 0) is 9.59 Å². The Bertz CT molecular complexity index is 1070. The number of carboxylic acid groups (broad SMARTS) is 1. The molecule has 4 rings (SSSR count). The Morgan fingerprint density at radius 2 is 1.75 bits per heavy atom. The van der Waals surface area contributed by atoms with E-state index >= 15 is 0 Å². The van der Waals surface area contributed by atoms with Gasteiger partial charge < -0.3 is 19.5 Å². The van der Waals surface area contributed by atoms with Gasteiger partial charge in [-0.2, -0.15) is 0 Å². The Morgan fingerprint density at radius 3 is 2.42 bits per heavy atom. The Hall–Kier alpha value is -3.13. The first-order chi connectivity index (χ1) is 17.4. The average Bonchev–Trinajstić information content (AvgIpc) is 3.48. The normalized spacial score (nSPS) is 21.0. The number of benzene rings is 2. The topological polar surface area (TPSA) is 79.3 Å². The highest BCUT2D eigenvalue weighted by molar-refractivity contribution is 5.79. The molecule has 3 atom stereocenters. The fourth-order valence-corrected chi connectivity index (χ4v) is 5.30. The quantitative estimate of drug-likeness (QED) is 0.478. The van der Waals surface area contributed by atoms with E-state index in [1.54, 1.807) is 18.2 Å². The molecule has 2 aliphatic rings. The number of nitrogens with zero attached hydrogens (tertiary/aromatic N) is 2. The molecule has 8 heteroatoms. The molecule has 1 fully saturated rings. The molecular formula is C28H35FN2O5. The van der Waals surface area contributed by atoms with E-state index in [9.17, 15) is 19.1 Å². The van der Waals surface area contributed by atoms with Crippen LogP contribution >= 0.6 is 0 Å². The summed E-state index contributed by atoms with van der Waals surface area (Å²) in [6.45, 7) is 6.12. The van der Waals surface area contributed by atoms with Crippen molar-refractivity contribution in [1.29, 1.82) is 0 Å². The van der Waals surface area contributed by atoms with E-state index in [0.29, 0.717) is 36.7 Å². The van der Waals surface area contributed by atoms with Crippen LogP contribution in [0.2, 0.25) is 0 Å². The predicted molar refractivity (Wildman–Crippen MR) is 134 cm³/mol. The third-order valence-corrected chi connectivity index (χ3v) is 7.15. The Balaban J connectivity index is 1.67. The van der Waals surface area contributed by atoms with Gasteiger partial charge in [-0.15, -0.1) is 0 Å². The van der Waals surface area contributed by atoms with E-state index in [0.717, 1.165) is 31.2 Å². The van der Waals surface area contributed by atoms with Gasteiger partial charge in [-0.3, -0.25) is 14.5 Å². The Labute approximate surface area is 211 Å². The van der Waals surface area contributed by atoms with Gasteiger partial charge in [0.05, 0.1) is 12.5 Å². The molecule has 2 aromatic rings. The maximum Gasteiger partial charge on any atom is 0.309 e. The van der Waals surface area contributed by atoms with Crippen LogP contribution in [0.1, 0.15) is 62.6 Å². The molecule has 0 aromatic heterocycles. The standard InChI is InChI=1S/C28H35FN2O5/c1-3-5-12-30(13-6-4-2)25(32)17-31-16-22(19-10-11-23-24(15-19)36-18-35-23)26(28(33)34)27(31)20-8-7-9-21(29)14-20/h7-11,14-15,22,26-27H,3-6,12-13,16-18H2,1-2H3,(H,33,34). The lowest BCUT2D eigenvalue weighted by molar-refractivity contribution is -0.144. The van der Waals surface area contributed by atoms with Crippen LogP contribution < -0.4 is 9.47 Å². The van der Waals surface area contributed by atoms with Gasteiger partial charge in [0.15, 0.2) is 11.5 Å². The molecule has 2 aliphatic heterocycles.